The molecule has 156 valence electrons. The minimum absolute atomic E-state index is 0.263. The second-order valence-corrected chi connectivity index (χ2v) is 9.59. The van der Waals surface area contributed by atoms with Crippen LogP contribution in [-0.2, 0) is 17.3 Å². The molecule has 30 heavy (non-hydrogen) atoms. The van der Waals surface area contributed by atoms with Crippen molar-refractivity contribution in [1.82, 2.24) is 10.3 Å². The van der Waals surface area contributed by atoms with Crippen molar-refractivity contribution < 1.29 is 8.60 Å². The number of nitrogens with zero attached hydrogens (tertiary/aromatic N) is 2. The summed E-state index contributed by atoms with van der Waals surface area (Å²) in [6, 6.07) is 15.8. The Kier molecular flexibility index (Phi) is 5.16. The minimum Gasteiger partial charge on any atom is -0.377 e. The highest BCUT2D eigenvalue weighted by Crippen LogP contribution is 2.31. The first-order valence-electron chi connectivity index (χ1n) is 10.3. The second-order valence-electron chi connectivity index (χ2n) is 8.05. The number of rotatable bonds is 3. The van der Waals surface area contributed by atoms with E-state index in [0.29, 0.717) is 31.9 Å². The Labute approximate surface area is 178 Å². The summed E-state index contributed by atoms with van der Waals surface area (Å²) in [7, 11) is -1.01. The van der Waals surface area contributed by atoms with E-state index in [1.807, 2.05) is 49.4 Å². The molecule has 5 nitrogen and oxygen atoms in total. The van der Waals surface area contributed by atoms with Gasteiger partial charge in [-0.25, -0.2) is 9.37 Å². The fourth-order valence-electron chi connectivity index (χ4n) is 4.23. The number of nitrogens with one attached hydrogen (secondary N) is 2. The first-order chi connectivity index (χ1) is 14.6. The van der Waals surface area contributed by atoms with Crippen LogP contribution in [0.5, 0.6) is 0 Å². The molecule has 2 aromatic carbocycles. The Morgan fingerprint density at radius 2 is 2.07 bits per heavy atom. The van der Waals surface area contributed by atoms with Gasteiger partial charge < -0.3 is 15.5 Å². The molecule has 0 saturated carbocycles. The van der Waals surface area contributed by atoms with E-state index in [0.717, 1.165) is 38.4 Å². The molecular formula is C23H25FN4OS. The van der Waals surface area contributed by atoms with E-state index in [1.165, 1.54) is 0 Å². The van der Waals surface area contributed by atoms with Gasteiger partial charge in [0.15, 0.2) is 0 Å². The molecule has 3 aromatic rings. The molecule has 0 amide bonds. The predicted molar refractivity (Wildman–Crippen MR) is 120 cm³/mol. The van der Waals surface area contributed by atoms with E-state index in [1.54, 1.807) is 0 Å². The van der Waals surface area contributed by atoms with Crippen LogP contribution in [0.1, 0.15) is 11.1 Å². The average Bonchev–Trinajstić information content (AvgIpc) is 3.07. The lowest BCUT2D eigenvalue weighted by molar-refractivity contribution is 0.343. The maximum atomic E-state index is 14.3. The molecule has 2 aliphatic rings. The van der Waals surface area contributed by atoms with Gasteiger partial charge in [0, 0.05) is 54.0 Å². The average molecular weight is 425 g/mol. The van der Waals surface area contributed by atoms with E-state index < -0.39 is 17.0 Å². The van der Waals surface area contributed by atoms with Gasteiger partial charge in [0.25, 0.3) is 0 Å². The van der Waals surface area contributed by atoms with E-state index in [2.05, 4.69) is 21.6 Å². The third kappa shape index (κ3) is 3.68. The van der Waals surface area contributed by atoms with Crippen LogP contribution in [0.15, 0.2) is 53.4 Å². The zero-order valence-electron chi connectivity index (χ0n) is 16.9. The summed E-state index contributed by atoms with van der Waals surface area (Å²) >= 11 is 0. The van der Waals surface area contributed by atoms with E-state index in [9.17, 15) is 8.60 Å². The van der Waals surface area contributed by atoms with Gasteiger partial charge >= 0.3 is 0 Å². The van der Waals surface area contributed by atoms with Crippen LogP contribution < -0.4 is 15.5 Å². The van der Waals surface area contributed by atoms with Gasteiger partial charge in [0.05, 0.1) is 22.4 Å². The number of hydrogen-bond donors (Lipinski definition) is 2. The lowest BCUT2D eigenvalue weighted by Gasteiger charge is -2.24. The second kappa shape index (κ2) is 7.96. The topological polar surface area (TPSA) is 57.3 Å². The summed E-state index contributed by atoms with van der Waals surface area (Å²) < 4.78 is 27.0. The van der Waals surface area contributed by atoms with Crippen molar-refractivity contribution in [2.24, 2.45) is 0 Å². The standard InChI is InChI=1S/C23H25FN4OS/c1-15-6-7-19-17(10-15)20(26-21-13-25-12-18(21)24)11-23(27-19)28-8-9-30(29)22-5-3-2-4-16(22)14-28/h2-7,10-11,18,21,25H,8-9,12-14H2,1H3,(H,26,27). The van der Waals surface area contributed by atoms with Crippen LogP contribution in [0.2, 0.25) is 0 Å². The molecule has 3 atom stereocenters. The Morgan fingerprint density at radius 3 is 2.90 bits per heavy atom. The van der Waals surface area contributed by atoms with Gasteiger partial charge in [-0.15, -0.1) is 0 Å². The monoisotopic (exact) mass is 424 g/mol. The molecule has 1 fully saturated rings. The van der Waals surface area contributed by atoms with E-state index >= 15 is 0 Å². The Morgan fingerprint density at radius 1 is 1.20 bits per heavy atom. The maximum Gasteiger partial charge on any atom is 0.134 e. The van der Waals surface area contributed by atoms with Gasteiger partial charge in [0.2, 0.25) is 0 Å². The lowest BCUT2D eigenvalue weighted by atomic mass is 10.1. The molecular weight excluding hydrogens is 399 g/mol. The molecule has 2 N–H and O–H groups in total. The van der Waals surface area contributed by atoms with Crippen molar-refractivity contribution in [1.29, 1.82) is 0 Å². The molecule has 5 rings (SSSR count). The Balaban J connectivity index is 1.56. The highest BCUT2D eigenvalue weighted by molar-refractivity contribution is 7.85. The SMILES string of the molecule is Cc1ccc2nc(N3CCS(=O)c4ccccc4C3)cc(NC3CNCC3F)c2c1. The number of fused-ring (bicyclic) bond motifs is 2. The van der Waals surface area contributed by atoms with Crippen molar-refractivity contribution in [3.63, 3.8) is 0 Å². The number of alkyl halides is 1. The van der Waals surface area contributed by atoms with Crippen molar-refractivity contribution >= 4 is 33.2 Å². The number of anilines is 2. The van der Waals surface area contributed by atoms with Crippen LogP contribution in [0, 0.1) is 6.92 Å². The molecule has 0 bridgehead atoms. The normalized spacial score (nSPS) is 23.9. The predicted octanol–water partition coefficient (Wildman–Crippen LogP) is 3.39. The van der Waals surface area contributed by atoms with Crippen LogP contribution in [0.4, 0.5) is 15.9 Å². The Hall–Kier alpha value is -2.51. The van der Waals surface area contributed by atoms with E-state index in [-0.39, 0.29) is 6.04 Å². The fraction of sp³-hybridized carbons (Fsp3) is 0.348. The van der Waals surface area contributed by atoms with E-state index in [4.69, 9.17) is 4.98 Å². The number of pyridine rings is 1. The first-order valence-corrected chi connectivity index (χ1v) is 11.6. The molecule has 1 saturated heterocycles. The summed E-state index contributed by atoms with van der Waals surface area (Å²) in [6.45, 7) is 4.33. The minimum atomic E-state index is -1.01. The van der Waals surface area contributed by atoms with Crippen molar-refractivity contribution in [3.05, 3.63) is 59.7 Å². The van der Waals surface area contributed by atoms with Gasteiger partial charge in [-0.3, -0.25) is 4.21 Å². The van der Waals surface area contributed by atoms with Crippen LogP contribution in [0.25, 0.3) is 10.9 Å². The first kappa shape index (κ1) is 19.5. The number of hydrogen-bond acceptors (Lipinski definition) is 5. The van der Waals surface area contributed by atoms with Gasteiger partial charge in [-0.1, -0.05) is 29.8 Å². The lowest BCUT2D eigenvalue weighted by Crippen LogP contribution is -2.30. The molecule has 7 heteroatoms. The molecule has 3 unspecified atom stereocenters. The number of aryl methyl sites for hydroxylation is 1. The number of halogens is 1. The third-order valence-corrected chi connectivity index (χ3v) is 7.32. The zero-order chi connectivity index (χ0) is 20.7. The fourth-order valence-corrected chi connectivity index (χ4v) is 5.50. The van der Waals surface area contributed by atoms with Crippen LogP contribution in [0.3, 0.4) is 0 Å². The molecule has 2 aliphatic heterocycles. The summed E-state index contributed by atoms with van der Waals surface area (Å²) in [5.41, 5.74) is 3.98. The van der Waals surface area contributed by atoms with Gasteiger partial charge in [-0.2, -0.15) is 0 Å². The summed E-state index contributed by atoms with van der Waals surface area (Å²) in [5.74, 6) is 1.39. The number of benzene rings is 2. The van der Waals surface area contributed by atoms with Crippen molar-refractivity contribution in [3.8, 4) is 0 Å². The number of aromatic nitrogens is 1. The molecule has 0 spiro atoms. The Bertz CT molecular complexity index is 1120. The van der Waals surface area contributed by atoms with Gasteiger partial charge in [-0.05, 0) is 30.7 Å². The molecule has 3 heterocycles. The zero-order valence-corrected chi connectivity index (χ0v) is 17.7. The maximum absolute atomic E-state index is 14.3. The highest BCUT2D eigenvalue weighted by atomic mass is 32.2. The summed E-state index contributed by atoms with van der Waals surface area (Å²) in [4.78, 5) is 8.00. The third-order valence-electron chi connectivity index (χ3n) is 5.88. The highest BCUT2D eigenvalue weighted by Gasteiger charge is 2.27. The van der Waals surface area contributed by atoms with Crippen LogP contribution in [-0.4, -0.2) is 46.8 Å². The smallest absolute Gasteiger partial charge is 0.134 e. The molecule has 1 aromatic heterocycles. The molecule has 0 radical (unpaired) electrons. The molecule has 0 aliphatic carbocycles. The summed E-state index contributed by atoms with van der Waals surface area (Å²) in [6.07, 6.45) is -0.922. The quantitative estimate of drug-likeness (QED) is 0.675. The van der Waals surface area contributed by atoms with Gasteiger partial charge in [0.1, 0.15) is 12.0 Å². The summed E-state index contributed by atoms with van der Waals surface area (Å²) in [5, 5.41) is 7.52. The van der Waals surface area contributed by atoms with Crippen LogP contribution >= 0.6 is 0 Å². The largest absolute Gasteiger partial charge is 0.377 e. The van der Waals surface area contributed by atoms with Crippen molar-refractivity contribution in [2.45, 2.75) is 30.6 Å². The van der Waals surface area contributed by atoms with Crippen molar-refractivity contribution in [2.75, 3.05) is 35.6 Å².